The number of fused-ring (bicyclic) bond motifs is 3. The zero-order valence-corrected chi connectivity index (χ0v) is 9.72. The van der Waals surface area contributed by atoms with E-state index in [2.05, 4.69) is 9.79 Å². The fraction of sp³-hybridized carbons (Fsp3) is 0.182. The Balaban J connectivity index is 2.68. The fourth-order valence-corrected chi connectivity index (χ4v) is 2.30. The molecule has 2 N–H and O–H groups in total. The first-order valence-corrected chi connectivity index (χ1v) is 5.30. The molecule has 92 valence electrons. The lowest BCUT2D eigenvalue weighted by molar-refractivity contribution is -0.692. The highest BCUT2D eigenvalue weighted by Gasteiger charge is 2.24. The van der Waals surface area contributed by atoms with Crippen molar-refractivity contribution in [2.45, 2.75) is 13.8 Å². The quantitative estimate of drug-likeness (QED) is 0.502. The fourth-order valence-electron chi connectivity index (χ4n) is 2.30. The highest BCUT2D eigenvalue weighted by Crippen LogP contribution is 2.29. The molecule has 0 unspecified atom stereocenters. The number of benzene rings is 1. The largest absolute Gasteiger partial charge is 0.428 e. The molecule has 0 amide bonds. The van der Waals surface area contributed by atoms with Crippen molar-refractivity contribution >= 4 is 27.7 Å². The van der Waals surface area contributed by atoms with Crippen LogP contribution in [-0.2, 0) is 0 Å². The molecule has 3 aromatic rings. The van der Waals surface area contributed by atoms with Crippen molar-refractivity contribution in [2.75, 3.05) is 0 Å². The highest BCUT2D eigenvalue weighted by atomic mass is 16.7. The summed E-state index contributed by atoms with van der Waals surface area (Å²) in [5, 5.41) is 12.9. The number of aromatic amines is 1. The Morgan fingerprint density at radius 1 is 1.50 bits per heavy atom. The van der Waals surface area contributed by atoms with Gasteiger partial charge >= 0.3 is 0 Å². The van der Waals surface area contributed by atoms with Gasteiger partial charge in [-0.15, -0.1) is 0 Å². The zero-order valence-electron chi connectivity index (χ0n) is 9.72. The van der Waals surface area contributed by atoms with Crippen molar-refractivity contribution in [2.24, 2.45) is 0 Å². The van der Waals surface area contributed by atoms with Gasteiger partial charge in [-0.1, -0.05) is 9.79 Å². The third kappa shape index (κ3) is 1.10. The van der Waals surface area contributed by atoms with Crippen LogP contribution in [0.1, 0.15) is 23.0 Å². The second kappa shape index (κ2) is 3.22. The molecule has 2 heterocycles. The molecule has 0 radical (unpaired) electrons. The number of nitrogens with zero attached hydrogens (tertiary/aromatic N) is 2. The molecular weight excluding hydrogens is 238 g/mol. The molecule has 0 fully saturated rings. The second-order valence-corrected chi connectivity index (χ2v) is 4.13. The number of aromatic nitrogens is 3. The van der Waals surface area contributed by atoms with E-state index in [1.54, 1.807) is 13.0 Å². The zero-order chi connectivity index (χ0) is 13.0. The van der Waals surface area contributed by atoms with Gasteiger partial charge in [0, 0.05) is 6.07 Å². The number of rotatable bonds is 1. The van der Waals surface area contributed by atoms with Crippen molar-refractivity contribution in [3.63, 3.8) is 0 Å². The minimum Gasteiger partial charge on any atom is -0.428 e. The summed E-state index contributed by atoms with van der Waals surface area (Å²) in [4.78, 5) is 23.0. The normalized spacial score (nSPS) is 11.4. The van der Waals surface area contributed by atoms with Crippen LogP contribution in [0, 0.1) is 11.8 Å². The lowest BCUT2D eigenvalue weighted by Gasteiger charge is -1.95. The Labute approximate surface area is 99.7 Å². The summed E-state index contributed by atoms with van der Waals surface area (Å²) in [7, 11) is 0. The summed E-state index contributed by atoms with van der Waals surface area (Å²) in [5.41, 5.74) is 1.91. The number of hydrogen-bond donors (Lipinski definition) is 2. The first-order valence-electron chi connectivity index (χ1n) is 5.30. The van der Waals surface area contributed by atoms with Crippen molar-refractivity contribution < 1.29 is 19.2 Å². The van der Waals surface area contributed by atoms with Crippen molar-refractivity contribution in [3.05, 3.63) is 28.3 Å². The summed E-state index contributed by atoms with van der Waals surface area (Å²) in [6, 6.07) is 3.08. The first-order chi connectivity index (χ1) is 8.52. The van der Waals surface area contributed by atoms with Crippen molar-refractivity contribution in [3.8, 4) is 0 Å². The number of carbonyl (C=O) groups is 1. The topological polar surface area (TPSA) is 94.1 Å². The van der Waals surface area contributed by atoms with E-state index in [9.17, 15) is 14.9 Å². The van der Waals surface area contributed by atoms with E-state index in [1.165, 1.54) is 13.0 Å². The maximum absolute atomic E-state index is 11.7. The van der Waals surface area contributed by atoms with Crippen LogP contribution >= 0.6 is 0 Å². The van der Waals surface area contributed by atoms with Gasteiger partial charge in [-0.3, -0.25) is 4.79 Å². The van der Waals surface area contributed by atoms with E-state index in [1.807, 2.05) is 0 Å². The maximum atomic E-state index is 11.7. The van der Waals surface area contributed by atoms with Gasteiger partial charge in [0.2, 0.25) is 5.52 Å². The van der Waals surface area contributed by atoms with E-state index in [0.29, 0.717) is 32.3 Å². The predicted molar refractivity (Wildman–Crippen MR) is 61.4 cm³/mol. The smallest absolute Gasteiger partial charge is 0.273 e. The standard InChI is InChI=1S/C11H10N3O4/c1-5-9(6(2)15)10-7(13(5)16)3-4-8-11(10)12-18-14(8)17/h3-4,12,16H,1-2H3/q+1. The number of carbonyl (C=O) groups excluding carboxylic acids is 1. The van der Waals surface area contributed by atoms with Crippen molar-refractivity contribution in [1.29, 1.82) is 0 Å². The van der Waals surface area contributed by atoms with Gasteiger partial charge in [-0.25, -0.2) is 0 Å². The summed E-state index contributed by atoms with van der Waals surface area (Å²) >= 11 is 0. The van der Waals surface area contributed by atoms with Crippen LogP contribution in [0.25, 0.3) is 21.9 Å². The Morgan fingerprint density at radius 3 is 2.89 bits per heavy atom. The van der Waals surface area contributed by atoms with E-state index >= 15 is 0 Å². The van der Waals surface area contributed by atoms with Gasteiger partial charge in [-0.2, -0.15) is 4.73 Å². The predicted octanol–water partition coefficient (Wildman–Crippen LogP) is 1.38. The molecule has 0 saturated heterocycles. The molecular formula is C11H10N3O4+. The van der Waals surface area contributed by atoms with E-state index in [0.717, 1.165) is 4.73 Å². The molecule has 0 spiro atoms. The minimum atomic E-state index is -0.190. The van der Waals surface area contributed by atoms with Gasteiger partial charge in [0.1, 0.15) is 0 Å². The molecule has 3 rings (SSSR count). The SMILES string of the molecule is CC(=O)c1c(C)n(O)c2ccc3c([nH]o[n+]3=O)c12. The van der Waals surface area contributed by atoms with Crippen LogP contribution in [0.2, 0.25) is 0 Å². The molecule has 0 aliphatic rings. The molecule has 1 aromatic carbocycles. The first kappa shape index (κ1) is 10.6. The Morgan fingerprint density at radius 2 is 2.22 bits per heavy atom. The Kier molecular flexibility index (Phi) is 1.89. The molecule has 2 aromatic heterocycles. The Bertz CT molecular complexity index is 853. The molecule has 18 heavy (non-hydrogen) atoms. The lowest BCUT2D eigenvalue weighted by Crippen LogP contribution is -2.08. The van der Waals surface area contributed by atoms with Gasteiger partial charge in [0.15, 0.2) is 10.4 Å². The summed E-state index contributed by atoms with van der Waals surface area (Å²) in [6.07, 6.45) is 0. The van der Waals surface area contributed by atoms with Crippen LogP contribution in [0.3, 0.4) is 0 Å². The number of H-pyrrole nitrogens is 1. The monoisotopic (exact) mass is 248 g/mol. The third-order valence-corrected chi connectivity index (χ3v) is 3.10. The second-order valence-electron chi connectivity index (χ2n) is 4.13. The van der Waals surface area contributed by atoms with E-state index < -0.39 is 0 Å². The average Bonchev–Trinajstić information content (AvgIpc) is 2.81. The molecule has 0 atom stereocenters. The molecule has 0 aliphatic heterocycles. The summed E-state index contributed by atoms with van der Waals surface area (Å²) in [5.74, 6) is -0.190. The molecule has 0 bridgehead atoms. The lowest BCUT2D eigenvalue weighted by atomic mass is 10.1. The number of ketones is 1. The van der Waals surface area contributed by atoms with Gasteiger partial charge < -0.3 is 5.21 Å². The van der Waals surface area contributed by atoms with Gasteiger partial charge in [0.25, 0.3) is 5.52 Å². The van der Waals surface area contributed by atoms with Crippen LogP contribution in [0.4, 0.5) is 0 Å². The maximum Gasteiger partial charge on any atom is 0.273 e. The molecule has 0 saturated carbocycles. The molecule has 0 aliphatic carbocycles. The molecule has 7 nitrogen and oxygen atoms in total. The van der Waals surface area contributed by atoms with Crippen LogP contribution < -0.4 is 4.60 Å². The number of hydrogen-bond acceptors (Lipinski definition) is 4. The highest BCUT2D eigenvalue weighted by molar-refractivity contribution is 6.16. The van der Waals surface area contributed by atoms with Gasteiger partial charge in [-0.05, 0) is 24.8 Å². The van der Waals surface area contributed by atoms with Crippen LogP contribution in [0.5, 0.6) is 0 Å². The van der Waals surface area contributed by atoms with Crippen LogP contribution in [-0.4, -0.2) is 20.9 Å². The van der Waals surface area contributed by atoms with Crippen LogP contribution in [0.15, 0.2) is 16.8 Å². The van der Waals surface area contributed by atoms with E-state index in [-0.39, 0.29) is 11.3 Å². The third-order valence-electron chi connectivity index (χ3n) is 3.10. The number of Topliss-reactive ketones (excluding diaryl/α,β-unsaturated/α-hetero) is 1. The van der Waals surface area contributed by atoms with Crippen molar-refractivity contribution in [1.82, 2.24) is 9.89 Å². The van der Waals surface area contributed by atoms with E-state index in [4.69, 9.17) is 0 Å². The van der Waals surface area contributed by atoms with Gasteiger partial charge in [0.05, 0.1) is 22.2 Å². The Hall–Kier alpha value is -2.57. The summed E-state index contributed by atoms with van der Waals surface area (Å²) < 4.78 is 5.90. The number of nitrogens with one attached hydrogen (secondary N) is 1. The molecule has 7 heteroatoms. The minimum absolute atomic E-state index is 0.190. The summed E-state index contributed by atoms with van der Waals surface area (Å²) in [6.45, 7) is 3.04. The average molecular weight is 248 g/mol.